The molecule has 0 unspecified atom stereocenters. The lowest BCUT2D eigenvalue weighted by Crippen LogP contribution is -2.18. The molecule has 2 rings (SSSR count). The summed E-state index contributed by atoms with van der Waals surface area (Å²) in [6.07, 6.45) is -2.46. The molecule has 0 atom stereocenters. The van der Waals surface area contributed by atoms with E-state index in [1.54, 1.807) is 7.05 Å². The second kappa shape index (κ2) is 5.40. The molecule has 0 saturated heterocycles. The molecule has 0 fully saturated rings. The van der Waals surface area contributed by atoms with Gasteiger partial charge in [0, 0.05) is 18.8 Å². The van der Waals surface area contributed by atoms with Gasteiger partial charge < -0.3 is 4.74 Å². The number of hydrogen-bond acceptors (Lipinski definition) is 4. The van der Waals surface area contributed by atoms with Gasteiger partial charge in [0.25, 0.3) is 0 Å². The number of para-hydroxylation sites is 1. The topological polar surface area (TPSA) is 61.2 Å². The molecule has 0 radical (unpaired) electrons. The SMILES string of the molecule is Cn1cc(S(=O)(=O)Cc2ccccc2OC(F)(F)F)cn1. The van der Waals surface area contributed by atoms with E-state index < -0.39 is 27.7 Å². The Bertz CT molecular complexity index is 738. The van der Waals surface area contributed by atoms with Crippen LogP contribution in [0.15, 0.2) is 41.6 Å². The lowest BCUT2D eigenvalue weighted by molar-refractivity contribution is -0.274. The van der Waals surface area contributed by atoms with Crippen LogP contribution in [-0.2, 0) is 22.6 Å². The van der Waals surface area contributed by atoms with E-state index in [1.807, 2.05) is 0 Å². The van der Waals surface area contributed by atoms with Crippen molar-refractivity contribution in [3.05, 3.63) is 42.2 Å². The molecule has 0 amide bonds. The van der Waals surface area contributed by atoms with Crippen LogP contribution in [0, 0.1) is 0 Å². The lowest BCUT2D eigenvalue weighted by atomic mass is 10.2. The van der Waals surface area contributed by atoms with Crippen molar-refractivity contribution in [2.45, 2.75) is 17.0 Å². The minimum Gasteiger partial charge on any atom is -0.405 e. The van der Waals surface area contributed by atoms with E-state index in [0.717, 1.165) is 12.3 Å². The summed E-state index contributed by atoms with van der Waals surface area (Å²) in [6.45, 7) is 0. The Morgan fingerprint density at radius 1 is 1.29 bits per heavy atom. The van der Waals surface area contributed by atoms with Gasteiger partial charge in [-0.2, -0.15) is 5.10 Å². The van der Waals surface area contributed by atoms with Crippen LogP contribution >= 0.6 is 0 Å². The summed E-state index contributed by atoms with van der Waals surface area (Å²) in [4.78, 5) is -0.0631. The molecule has 9 heteroatoms. The Morgan fingerprint density at radius 2 is 1.95 bits per heavy atom. The van der Waals surface area contributed by atoms with Gasteiger partial charge in [-0.3, -0.25) is 4.68 Å². The maximum Gasteiger partial charge on any atom is 0.573 e. The Balaban J connectivity index is 2.31. The highest BCUT2D eigenvalue weighted by molar-refractivity contribution is 7.90. The van der Waals surface area contributed by atoms with Crippen molar-refractivity contribution in [3.8, 4) is 5.75 Å². The molecule has 2 aromatic rings. The Labute approximate surface area is 118 Å². The van der Waals surface area contributed by atoms with Crippen LogP contribution in [0.25, 0.3) is 0 Å². The van der Waals surface area contributed by atoms with Crippen molar-refractivity contribution in [1.29, 1.82) is 0 Å². The van der Waals surface area contributed by atoms with Crippen molar-refractivity contribution >= 4 is 9.84 Å². The minimum absolute atomic E-state index is 0.0631. The van der Waals surface area contributed by atoms with Crippen LogP contribution in [0.5, 0.6) is 5.75 Å². The first-order valence-electron chi connectivity index (χ1n) is 5.72. The number of nitrogens with zero attached hydrogens (tertiary/aromatic N) is 2. The normalized spacial score (nSPS) is 12.4. The molecule has 0 spiro atoms. The van der Waals surface area contributed by atoms with E-state index in [4.69, 9.17) is 0 Å². The fraction of sp³-hybridized carbons (Fsp3) is 0.250. The van der Waals surface area contributed by atoms with E-state index in [9.17, 15) is 21.6 Å². The summed E-state index contributed by atoms with van der Waals surface area (Å²) in [5.74, 6) is -1.14. The van der Waals surface area contributed by atoms with Crippen LogP contribution in [-0.4, -0.2) is 24.6 Å². The average molecular weight is 320 g/mol. The third-order valence-corrected chi connectivity index (χ3v) is 4.20. The molecule has 114 valence electrons. The van der Waals surface area contributed by atoms with Crippen LogP contribution in [0.4, 0.5) is 13.2 Å². The zero-order valence-corrected chi connectivity index (χ0v) is 11.6. The summed E-state index contributed by atoms with van der Waals surface area (Å²) in [5.41, 5.74) is -0.0707. The lowest BCUT2D eigenvalue weighted by Gasteiger charge is -2.12. The molecule has 0 bridgehead atoms. The molecule has 0 aliphatic rings. The maximum absolute atomic E-state index is 12.3. The van der Waals surface area contributed by atoms with Crippen molar-refractivity contribution in [1.82, 2.24) is 9.78 Å². The molecule has 0 aliphatic carbocycles. The molecular weight excluding hydrogens is 309 g/mol. The first-order valence-corrected chi connectivity index (χ1v) is 7.38. The molecule has 21 heavy (non-hydrogen) atoms. The molecule has 0 N–H and O–H groups in total. The number of sulfone groups is 1. The van der Waals surface area contributed by atoms with Crippen LogP contribution in [0.2, 0.25) is 0 Å². The number of benzene rings is 1. The van der Waals surface area contributed by atoms with Crippen LogP contribution in [0.3, 0.4) is 0 Å². The van der Waals surface area contributed by atoms with Gasteiger partial charge >= 0.3 is 6.36 Å². The van der Waals surface area contributed by atoms with Gasteiger partial charge in [-0.1, -0.05) is 18.2 Å². The molecule has 1 heterocycles. The monoisotopic (exact) mass is 320 g/mol. The predicted molar refractivity (Wildman–Crippen MR) is 67.2 cm³/mol. The van der Waals surface area contributed by atoms with Crippen LogP contribution in [0.1, 0.15) is 5.56 Å². The smallest absolute Gasteiger partial charge is 0.405 e. The standard InChI is InChI=1S/C12H11F3N2O3S/c1-17-7-10(6-16-17)21(18,19)8-9-4-2-3-5-11(9)20-12(13,14)15/h2-7H,8H2,1H3. The first-order chi connectivity index (χ1) is 9.67. The molecular formula is C12H11F3N2O3S. The number of rotatable bonds is 4. The summed E-state index contributed by atoms with van der Waals surface area (Å²) in [5, 5.41) is 3.73. The number of hydrogen-bond donors (Lipinski definition) is 0. The molecule has 5 nitrogen and oxygen atoms in total. The van der Waals surface area contributed by atoms with Gasteiger partial charge in [0.05, 0.1) is 11.9 Å². The fourth-order valence-corrected chi connectivity index (χ4v) is 3.03. The van der Waals surface area contributed by atoms with Crippen molar-refractivity contribution in [2.75, 3.05) is 0 Å². The average Bonchev–Trinajstić information content (AvgIpc) is 2.77. The van der Waals surface area contributed by atoms with E-state index in [0.29, 0.717) is 0 Å². The van der Waals surface area contributed by atoms with Gasteiger partial charge in [0.15, 0.2) is 9.84 Å². The maximum atomic E-state index is 12.3. The highest BCUT2D eigenvalue weighted by atomic mass is 32.2. The quantitative estimate of drug-likeness (QED) is 0.867. The van der Waals surface area contributed by atoms with Gasteiger partial charge in [0.1, 0.15) is 10.6 Å². The largest absolute Gasteiger partial charge is 0.573 e. The summed E-state index contributed by atoms with van der Waals surface area (Å²) in [7, 11) is -2.26. The number of alkyl halides is 3. The predicted octanol–water partition coefficient (Wildman–Crippen LogP) is 2.29. The minimum atomic E-state index is -4.88. The zero-order valence-electron chi connectivity index (χ0n) is 10.8. The van der Waals surface area contributed by atoms with Crippen molar-refractivity contribution in [3.63, 3.8) is 0 Å². The highest BCUT2D eigenvalue weighted by Crippen LogP contribution is 2.28. The number of aromatic nitrogens is 2. The van der Waals surface area contributed by atoms with Crippen molar-refractivity contribution in [2.24, 2.45) is 7.05 Å². The van der Waals surface area contributed by atoms with E-state index in [-0.39, 0.29) is 10.5 Å². The molecule has 0 saturated carbocycles. The molecule has 0 aliphatic heterocycles. The van der Waals surface area contributed by atoms with Gasteiger partial charge in [-0.15, -0.1) is 13.2 Å². The molecule has 1 aromatic heterocycles. The molecule has 1 aromatic carbocycles. The van der Waals surface area contributed by atoms with E-state index in [2.05, 4.69) is 9.84 Å². The summed E-state index contributed by atoms with van der Waals surface area (Å²) in [6, 6.07) is 5.12. The Kier molecular flexibility index (Phi) is 3.95. The Hall–Kier alpha value is -2.03. The van der Waals surface area contributed by atoms with Gasteiger partial charge in [-0.25, -0.2) is 8.42 Å². The van der Waals surface area contributed by atoms with E-state index >= 15 is 0 Å². The van der Waals surface area contributed by atoms with Crippen LogP contribution < -0.4 is 4.74 Å². The third kappa shape index (κ3) is 3.97. The fourth-order valence-electron chi connectivity index (χ4n) is 1.69. The van der Waals surface area contributed by atoms with E-state index in [1.165, 1.54) is 29.1 Å². The number of aryl methyl sites for hydroxylation is 1. The van der Waals surface area contributed by atoms with Gasteiger partial charge in [-0.05, 0) is 6.07 Å². The zero-order chi connectivity index (χ0) is 15.7. The second-order valence-electron chi connectivity index (χ2n) is 4.26. The summed E-state index contributed by atoms with van der Waals surface area (Å²) >= 11 is 0. The van der Waals surface area contributed by atoms with Crippen molar-refractivity contribution < 1.29 is 26.3 Å². The number of halogens is 3. The third-order valence-electron chi connectivity index (χ3n) is 2.58. The first kappa shape index (κ1) is 15.4. The summed E-state index contributed by atoms with van der Waals surface area (Å²) < 4.78 is 66.3. The Morgan fingerprint density at radius 3 is 2.52 bits per heavy atom. The second-order valence-corrected chi connectivity index (χ2v) is 6.25. The highest BCUT2D eigenvalue weighted by Gasteiger charge is 2.32. The van der Waals surface area contributed by atoms with Gasteiger partial charge in [0.2, 0.25) is 0 Å². The number of ether oxygens (including phenoxy) is 1.